The highest BCUT2D eigenvalue weighted by molar-refractivity contribution is 7.18. The number of para-hydroxylation sites is 1. The monoisotopic (exact) mass is 403 g/mol. The van der Waals surface area contributed by atoms with E-state index in [4.69, 9.17) is 4.74 Å². The van der Waals surface area contributed by atoms with Crippen LogP contribution in [0.5, 0.6) is 0 Å². The molecule has 1 aromatic heterocycles. The summed E-state index contributed by atoms with van der Waals surface area (Å²) in [5, 5.41) is 8.70. The second-order valence-corrected chi connectivity index (χ2v) is 6.99. The van der Waals surface area contributed by atoms with E-state index in [1.54, 1.807) is 13.8 Å². The van der Waals surface area contributed by atoms with Gasteiger partial charge < -0.3 is 20.7 Å². The number of nitrogens with one attached hydrogen (secondary N) is 3. The fourth-order valence-electron chi connectivity index (χ4n) is 2.73. The molecule has 1 heterocycles. The van der Waals surface area contributed by atoms with Gasteiger partial charge in [0.2, 0.25) is 5.91 Å². The maximum atomic E-state index is 12.5. The molecule has 2 amide bonds. The molecule has 0 radical (unpaired) electrons. The second kappa shape index (κ2) is 9.89. The average molecular weight is 404 g/mol. The van der Waals surface area contributed by atoms with Gasteiger partial charge in [-0.2, -0.15) is 0 Å². The Kier molecular flexibility index (Phi) is 7.57. The first-order chi connectivity index (χ1) is 13.4. The van der Waals surface area contributed by atoms with Gasteiger partial charge in [0.05, 0.1) is 23.6 Å². The molecule has 0 fully saturated rings. The quantitative estimate of drug-likeness (QED) is 0.588. The number of esters is 1. The fraction of sp³-hybridized carbons (Fsp3) is 0.350. The molecule has 7 nitrogen and oxygen atoms in total. The van der Waals surface area contributed by atoms with Gasteiger partial charge in [0.25, 0.3) is 5.91 Å². The Bertz CT molecular complexity index is 876. The van der Waals surface area contributed by atoms with E-state index in [1.807, 2.05) is 31.2 Å². The molecule has 2 rings (SSSR count). The van der Waals surface area contributed by atoms with Crippen molar-refractivity contribution in [3.8, 4) is 0 Å². The molecular formula is C20H25N3O4S. The first-order valence-corrected chi connectivity index (χ1v) is 9.88. The van der Waals surface area contributed by atoms with E-state index < -0.39 is 5.97 Å². The third-order valence-corrected chi connectivity index (χ3v) is 5.36. The molecule has 0 aliphatic rings. The highest BCUT2D eigenvalue weighted by Crippen LogP contribution is 2.33. The number of thiophene rings is 1. The summed E-state index contributed by atoms with van der Waals surface area (Å²) >= 11 is 1.06. The van der Waals surface area contributed by atoms with Crippen LogP contribution in [-0.4, -0.2) is 38.0 Å². The van der Waals surface area contributed by atoms with E-state index in [0.717, 1.165) is 29.0 Å². The first-order valence-electron chi connectivity index (χ1n) is 9.07. The van der Waals surface area contributed by atoms with Crippen molar-refractivity contribution in [3.63, 3.8) is 0 Å². The average Bonchev–Trinajstić information content (AvgIpc) is 3.01. The van der Waals surface area contributed by atoms with Crippen LogP contribution in [0.15, 0.2) is 24.3 Å². The van der Waals surface area contributed by atoms with Crippen molar-refractivity contribution in [2.45, 2.75) is 27.2 Å². The lowest BCUT2D eigenvalue weighted by Gasteiger charge is -2.11. The summed E-state index contributed by atoms with van der Waals surface area (Å²) < 4.78 is 5.09. The van der Waals surface area contributed by atoms with Gasteiger partial charge in [-0.25, -0.2) is 4.79 Å². The lowest BCUT2D eigenvalue weighted by atomic mass is 10.1. The summed E-state index contributed by atoms with van der Waals surface area (Å²) in [6.07, 6.45) is 0.845. The lowest BCUT2D eigenvalue weighted by molar-refractivity contribution is -0.114. The minimum Gasteiger partial charge on any atom is -0.462 e. The van der Waals surface area contributed by atoms with Crippen LogP contribution in [0, 0.1) is 6.92 Å². The van der Waals surface area contributed by atoms with Gasteiger partial charge in [0.1, 0.15) is 5.00 Å². The number of amides is 2. The number of carbonyl (C=O) groups is 3. The van der Waals surface area contributed by atoms with Crippen LogP contribution in [-0.2, 0) is 16.0 Å². The third kappa shape index (κ3) is 4.89. The predicted molar refractivity (Wildman–Crippen MR) is 111 cm³/mol. The Morgan fingerprint density at radius 3 is 2.50 bits per heavy atom. The van der Waals surface area contributed by atoms with Crippen molar-refractivity contribution in [2.75, 3.05) is 30.8 Å². The number of ether oxygens (including phenoxy) is 1. The zero-order valence-corrected chi connectivity index (χ0v) is 17.3. The molecule has 0 spiro atoms. The number of benzene rings is 1. The topological polar surface area (TPSA) is 96.5 Å². The molecular weight excluding hydrogens is 378 g/mol. The molecule has 28 heavy (non-hydrogen) atoms. The number of aryl methyl sites for hydroxylation is 1. The number of carbonyl (C=O) groups excluding carboxylic acids is 3. The van der Waals surface area contributed by atoms with Crippen LogP contribution in [0.3, 0.4) is 0 Å². The van der Waals surface area contributed by atoms with Gasteiger partial charge in [0.15, 0.2) is 0 Å². The zero-order valence-electron chi connectivity index (χ0n) is 16.5. The smallest absolute Gasteiger partial charge is 0.341 e. The van der Waals surface area contributed by atoms with Crippen LogP contribution < -0.4 is 16.0 Å². The number of hydrogen-bond donors (Lipinski definition) is 3. The molecule has 0 atom stereocenters. The summed E-state index contributed by atoms with van der Waals surface area (Å²) in [4.78, 5) is 37.2. The maximum Gasteiger partial charge on any atom is 0.341 e. The van der Waals surface area contributed by atoms with E-state index in [2.05, 4.69) is 16.0 Å². The van der Waals surface area contributed by atoms with Gasteiger partial charge in [-0.15, -0.1) is 11.3 Å². The molecule has 2 aromatic rings. The summed E-state index contributed by atoms with van der Waals surface area (Å²) in [5.41, 5.74) is 2.70. The van der Waals surface area contributed by atoms with Gasteiger partial charge in [0, 0.05) is 12.7 Å². The molecule has 3 N–H and O–H groups in total. The van der Waals surface area contributed by atoms with Crippen molar-refractivity contribution in [3.05, 3.63) is 45.8 Å². The largest absolute Gasteiger partial charge is 0.462 e. The van der Waals surface area contributed by atoms with Crippen LogP contribution in [0.4, 0.5) is 10.7 Å². The summed E-state index contributed by atoms with van der Waals surface area (Å²) in [6.45, 7) is 5.64. The van der Waals surface area contributed by atoms with Gasteiger partial charge in [-0.1, -0.05) is 25.1 Å². The van der Waals surface area contributed by atoms with E-state index in [9.17, 15) is 14.4 Å². The van der Waals surface area contributed by atoms with Crippen LogP contribution in [0.1, 0.15) is 45.0 Å². The second-order valence-electron chi connectivity index (χ2n) is 5.97. The van der Waals surface area contributed by atoms with E-state index in [-0.39, 0.29) is 30.5 Å². The predicted octanol–water partition coefficient (Wildman–Crippen LogP) is 3.21. The van der Waals surface area contributed by atoms with Crippen LogP contribution in [0.2, 0.25) is 0 Å². The van der Waals surface area contributed by atoms with E-state index in [1.165, 1.54) is 7.05 Å². The van der Waals surface area contributed by atoms with E-state index >= 15 is 0 Å². The standard InChI is InChI=1S/C20H25N3O4S/c1-5-13-9-7-8-10-14(13)22-11-15(24)23-19-16(20(26)27-6-2)12(3)17(28-19)18(25)21-4/h7-10,22H,5-6,11H2,1-4H3,(H,21,25)(H,23,24). The van der Waals surface area contributed by atoms with Crippen molar-refractivity contribution in [2.24, 2.45) is 0 Å². The Labute approximate surface area is 168 Å². The van der Waals surface area contributed by atoms with Crippen molar-refractivity contribution in [1.29, 1.82) is 0 Å². The van der Waals surface area contributed by atoms with E-state index in [0.29, 0.717) is 15.4 Å². The summed E-state index contributed by atoms with van der Waals surface area (Å²) in [6, 6.07) is 7.76. The van der Waals surface area contributed by atoms with Gasteiger partial charge >= 0.3 is 5.97 Å². The van der Waals surface area contributed by atoms with Crippen LogP contribution in [0.25, 0.3) is 0 Å². The third-order valence-electron chi connectivity index (χ3n) is 4.15. The number of hydrogen-bond acceptors (Lipinski definition) is 6. The molecule has 150 valence electrons. The molecule has 8 heteroatoms. The Morgan fingerprint density at radius 2 is 1.86 bits per heavy atom. The highest BCUT2D eigenvalue weighted by atomic mass is 32.1. The van der Waals surface area contributed by atoms with Gasteiger partial charge in [-0.3, -0.25) is 9.59 Å². The van der Waals surface area contributed by atoms with Gasteiger partial charge in [-0.05, 0) is 37.5 Å². The highest BCUT2D eigenvalue weighted by Gasteiger charge is 2.26. The molecule has 0 aliphatic heterocycles. The molecule has 1 aromatic carbocycles. The number of anilines is 2. The lowest BCUT2D eigenvalue weighted by Crippen LogP contribution is -2.23. The van der Waals surface area contributed by atoms with Crippen molar-refractivity contribution < 1.29 is 19.1 Å². The maximum absolute atomic E-state index is 12.5. The van der Waals surface area contributed by atoms with Crippen molar-refractivity contribution in [1.82, 2.24) is 5.32 Å². The Balaban J connectivity index is 2.20. The summed E-state index contributed by atoms with van der Waals surface area (Å²) in [5.74, 6) is -1.20. The molecule has 0 aliphatic carbocycles. The molecule has 0 saturated heterocycles. The Hall–Kier alpha value is -2.87. The van der Waals surface area contributed by atoms with Crippen molar-refractivity contribution >= 4 is 39.8 Å². The minimum absolute atomic E-state index is 0.0333. The normalized spacial score (nSPS) is 10.3. The SMILES string of the molecule is CCOC(=O)c1c(NC(=O)CNc2ccccc2CC)sc(C(=O)NC)c1C. The summed E-state index contributed by atoms with van der Waals surface area (Å²) in [7, 11) is 1.51. The molecule has 0 unspecified atom stereocenters. The Morgan fingerprint density at radius 1 is 1.14 bits per heavy atom. The fourth-order valence-corrected chi connectivity index (χ4v) is 3.89. The zero-order chi connectivity index (χ0) is 20.7. The first kappa shape index (κ1) is 21.4. The molecule has 0 bridgehead atoms. The number of rotatable bonds is 8. The molecule has 0 saturated carbocycles. The minimum atomic E-state index is -0.564. The van der Waals surface area contributed by atoms with Crippen LogP contribution >= 0.6 is 11.3 Å².